The number of hydrogen-bond acceptors (Lipinski definition) is 1. The second kappa shape index (κ2) is 6.94. The van der Waals surface area contributed by atoms with Gasteiger partial charge in [-0.2, -0.15) is 0 Å². The van der Waals surface area contributed by atoms with Crippen LogP contribution in [0.25, 0.3) is 0 Å². The largest absolute Gasteiger partial charge is 0.370 e. The minimum atomic E-state index is 0.299. The topological polar surface area (TPSA) is 50.4 Å². The van der Waals surface area contributed by atoms with Crippen LogP contribution in [0.3, 0.4) is 0 Å². The fraction of sp³-hybridized carbons (Fsp3) is 0.500. The first-order chi connectivity index (χ1) is 8.08. The molecule has 0 aliphatic heterocycles. The van der Waals surface area contributed by atoms with Crippen LogP contribution in [0.4, 0.5) is 0 Å². The van der Waals surface area contributed by atoms with E-state index in [-0.39, 0.29) is 0 Å². The molecule has 0 amide bonds. The van der Waals surface area contributed by atoms with Crippen molar-refractivity contribution >= 4 is 5.96 Å². The first-order valence-corrected chi connectivity index (χ1v) is 6.18. The van der Waals surface area contributed by atoms with Crippen molar-refractivity contribution in [1.82, 2.24) is 5.32 Å². The Morgan fingerprint density at radius 2 is 1.88 bits per heavy atom. The molecule has 1 aromatic rings. The number of nitrogens with two attached hydrogens (primary N) is 1. The first-order valence-electron chi connectivity index (χ1n) is 6.18. The molecule has 0 fully saturated rings. The van der Waals surface area contributed by atoms with E-state index in [1.54, 1.807) is 0 Å². The Kier molecular flexibility index (Phi) is 5.53. The highest BCUT2D eigenvalue weighted by Crippen LogP contribution is 2.02. The molecule has 0 spiro atoms. The lowest BCUT2D eigenvalue weighted by Crippen LogP contribution is -2.39. The van der Waals surface area contributed by atoms with Gasteiger partial charge in [-0.05, 0) is 24.8 Å². The van der Waals surface area contributed by atoms with Crippen LogP contribution in [-0.2, 0) is 6.42 Å². The van der Waals surface area contributed by atoms with E-state index in [9.17, 15) is 0 Å². The van der Waals surface area contributed by atoms with Crippen LogP contribution < -0.4 is 11.1 Å². The molecule has 0 aliphatic carbocycles. The predicted molar refractivity (Wildman–Crippen MR) is 74.1 cm³/mol. The van der Waals surface area contributed by atoms with Gasteiger partial charge in [0.05, 0.1) is 0 Å². The van der Waals surface area contributed by atoms with Crippen molar-refractivity contribution in [2.75, 3.05) is 6.54 Å². The summed E-state index contributed by atoms with van der Waals surface area (Å²) in [4.78, 5) is 4.29. The summed E-state index contributed by atoms with van der Waals surface area (Å²) in [5, 5.41) is 3.21. The second-order valence-electron chi connectivity index (χ2n) is 4.85. The zero-order valence-corrected chi connectivity index (χ0v) is 11.0. The fourth-order valence-corrected chi connectivity index (χ4v) is 1.60. The van der Waals surface area contributed by atoms with E-state index in [2.05, 4.69) is 55.3 Å². The molecule has 94 valence electrons. The third-order valence-electron chi connectivity index (χ3n) is 2.41. The molecule has 0 radical (unpaired) electrons. The highest BCUT2D eigenvalue weighted by Gasteiger charge is 2.03. The molecule has 0 aliphatic rings. The van der Waals surface area contributed by atoms with Gasteiger partial charge in [-0.3, -0.25) is 4.99 Å². The summed E-state index contributed by atoms with van der Waals surface area (Å²) in [6.45, 7) is 7.15. The van der Waals surface area contributed by atoms with Gasteiger partial charge in [-0.1, -0.05) is 44.2 Å². The average Bonchev–Trinajstić information content (AvgIpc) is 2.27. The van der Waals surface area contributed by atoms with E-state index in [1.807, 2.05) is 6.07 Å². The summed E-state index contributed by atoms with van der Waals surface area (Å²) in [6, 6.07) is 10.7. The number of rotatable bonds is 5. The lowest BCUT2D eigenvalue weighted by atomic mass is 10.1. The fourth-order valence-electron chi connectivity index (χ4n) is 1.60. The maximum absolute atomic E-state index is 5.82. The zero-order chi connectivity index (χ0) is 12.7. The Morgan fingerprint density at radius 3 is 2.47 bits per heavy atom. The second-order valence-corrected chi connectivity index (χ2v) is 4.85. The van der Waals surface area contributed by atoms with Gasteiger partial charge in [0.1, 0.15) is 0 Å². The summed E-state index contributed by atoms with van der Waals surface area (Å²) >= 11 is 0. The number of nitrogens with one attached hydrogen (secondary N) is 1. The molecule has 17 heavy (non-hydrogen) atoms. The lowest BCUT2D eigenvalue weighted by molar-refractivity contribution is 0.635. The Bertz CT molecular complexity index is 344. The van der Waals surface area contributed by atoms with Crippen LogP contribution >= 0.6 is 0 Å². The van der Waals surface area contributed by atoms with Gasteiger partial charge in [-0.25, -0.2) is 0 Å². The summed E-state index contributed by atoms with van der Waals surface area (Å²) in [7, 11) is 0. The number of aliphatic imine (C=N–C) groups is 1. The molecular formula is C14H23N3. The summed E-state index contributed by atoms with van der Waals surface area (Å²) < 4.78 is 0. The van der Waals surface area contributed by atoms with Crippen molar-refractivity contribution < 1.29 is 0 Å². The van der Waals surface area contributed by atoms with E-state index in [0.29, 0.717) is 17.9 Å². The molecule has 0 saturated carbocycles. The third kappa shape index (κ3) is 5.95. The van der Waals surface area contributed by atoms with Gasteiger partial charge in [0.15, 0.2) is 5.96 Å². The van der Waals surface area contributed by atoms with E-state index in [4.69, 9.17) is 5.73 Å². The van der Waals surface area contributed by atoms with Crippen molar-refractivity contribution in [3.8, 4) is 0 Å². The van der Waals surface area contributed by atoms with E-state index in [1.165, 1.54) is 5.56 Å². The number of benzene rings is 1. The summed E-state index contributed by atoms with van der Waals surface area (Å²) in [5.41, 5.74) is 7.12. The maximum atomic E-state index is 5.82. The van der Waals surface area contributed by atoms with Gasteiger partial charge in [0.25, 0.3) is 0 Å². The van der Waals surface area contributed by atoms with Crippen molar-refractivity contribution in [2.45, 2.75) is 33.2 Å². The molecule has 0 aromatic heterocycles. The number of hydrogen-bond donors (Lipinski definition) is 2. The van der Waals surface area contributed by atoms with E-state index >= 15 is 0 Å². The number of nitrogens with zero attached hydrogens (tertiary/aromatic N) is 1. The van der Waals surface area contributed by atoms with Crippen molar-refractivity contribution in [3.05, 3.63) is 35.9 Å². The average molecular weight is 233 g/mol. The highest BCUT2D eigenvalue weighted by molar-refractivity contribution is 5.78. The molecule has 0 bridgehead atoms. The summed E-state index contributed by atoms with van der Waals surface area (Å²) in [6.07, 6.45) is 0.957. The molecule has 3 N–H and O–H groups in total. The third-order valence-corrected chi connectivity index (χ3v) is 2.41. The zero-order valence-electron chi connectivity index (χ0n) is 11.0. The SMILES string of the molecule is CC(C)CN=C(N)NC(C)Cc1ccccc1. The van der Waals surface area contributed by atoms with Crippen LogP contribution in [0, 0.1) is 5.92 Å². The van der Waals surface area contributed by atoms with E-state index < -0.39 is 0 Å². The molecule has 1 rings (SSSR count). The molecule has 1 atom stereocenters. The van der Waals surface area contributed by atoms with Crippen LogP contribution in [0.1, 0.15) is 26.3 Å². The van der Waals surface area contributed by atoms with Crippen molar-refractivity contribution in [3.63, 3.8) is 0 Å². The molecule has 1 unspecified atom stereocenters. The van der Waals surface area contributed by atoms with Gasteiger partial charge in [-0.15, -0.1) is 0 Å². The van der Waals surface area contributed by atoms with E-state index in [0.717, 1.165) is 13.0 Å². The predicted octanol–water partition coefficient (Wildman–Crippen LogP) is 2.18. The highest BCUT2D eigenvalue weighted by atomic mass is 15.1. The summed E-state index contributed by atoms with van der Waals surface area (Å²) in [5.74, 6) is 1.09. The first kappa shape index (κ1) is 13.6. The standard InChI is InChI=1S/C14H23N3/c1-11(2)10-16-14(15)17-12(3)9-13-7-5-4-6-8-13/h4-8,11-12H,9-10H2,1-3H3,(H3,15,16,17). The molecule has 0 heterocycles. The molecule has 0 saturated heterocycles. The minimum Gasteiger partial charge on any atom is -0.370 e. The molecule has 3 heteroatoms. The minimum absolute atomic E-state index is 0.299. The molecule has 1 aromatic carbocycles. The Hall–Kier alpha value is -1.51. The van der Waals surface area contributed by atoms with Crippen LogP contribution in [-0.4, -0.2) is 18.5 Å². The van der Waals surface area contributed by atoms with Gasteiger partial charge >= 0.3 is 0 Å². The Morgan fingerprint density at radius 1 is 1.24 bits per heavy atom. The van der Waals surface area contributed by atoms with Crippen LogP contribution in [0.2, 0.25) is 0 Å². The van der Waals surface area contributed by atoms with Crippen LogP contribution in [0.5, 0.6) is 0 Å². The molecule has 3 nitrogen and oxygen atoms in total. The monoisotopic (exact) mass is 233 g/mol. The van der Waals surface area contributed by atoms with Gasteiger partial charge in [0, 0.05) is 12.6 Å². The number of guanidine groups is 1. The Labute approximate surface area is 104 Å². The quantitative estimate of drug-likeness (QED) is 0.605. The Balaban J connectivity index is 2.39. The maximum Gasteiger partial charge on any atom is 0.188 e. The normalized spacial score (nSPS) is 13.8. The van der Waals surface area contributed by atoms with Crippen LogP contribution in [0.15, 0.2) is 35.3 Å². The molecular weight excluding hydrogens is 210 g/mol. The smallest absolute Gasteiger partial charge is 0.188 e. The lowest BCUT2D eigenvalue weighted by Gasteiger charge is -2.14. The van der Waals surface area contributed by atoms with Crippen molar-refractivity contribution in [2.24, 2.45) is 16.6 Å². The van der Waals surface area contributed by atoms with Gasteiger partial charge < -0.3 is 11.1 Å². The van der Waals surface area contributed by atoms with Crippen molar-refractivity contribution in [1.29, 1.82) is 0 Å². The van der Waals surface area contributed by atoms with Gasteiger partial charge in [0.2, 0.25) is 0 Å².